The van der Waals surface area contributed by atoms with Crippen LogP contribution in [0.1, 0.15) is 19.4 Å². The van der Waals surface area contributed by atoms with Gasteiger partial charge in [0.1, 0.15) is 20.7 Å². The molecule has 2 heterocycles. The Balaban J connectivity index is 2.55. The summed E-state index contributed by atoms with van der Waals surface area (Å²) in [4.78, 5) is 9.01. The number of halogens is 2. The quantitative estimate of drug-likeness (QED) is 0.659. The van der Waals surface area contributed by atoms with Gasteiger partial charge in [-0.2, -0.15) is 0 Å². The third-order valence-electron chi connectivity index (χ3n) is 2.81. The van der Waals surface area contributed by atoms with Crippen LogP contribution in [-0.4, -0.2) is 23.2 Å². The molecule has 2 rings (SSSR count). The Kier molecular flexibility index (Phi) is 5.58. The van der Waals surface area contributed by atoms with Crippen molar-refractivity contribution in [2.75, 3.05) is 13.2 Å². The van der Waals surface area contributed by atoms with Gasteiger partial charge in [-0.3, -0.25) is 0 Å². The maximum atomic E-state index is 5.65. The predicted molar refractivity (Wildman–Crippen MR) is 89.9 cm³/mol. The Morgan fingerprint density at radius 3 is 2.29 bits per heavy atom. The molecule has 4 nitrogen and oxygen atoms in total. The van der Waals surface area contributed by atoms with Gasteiger partial charge in [-0.25, -0.2) is 9.97 Å². The molecule has 6 heteroatoms. The first-order valence-electron chi connectivity index (χ1n) is 6.65. The second-order valence-corrected chi connectivity index (χ2v) is 5.92. The molecule has 0 amide bonds. The lowest BCUT2D eigenvalue weighted by molar-refractivity contribution is 0.337. The van der Waals surface area contributed by atoms with Crippen molar-refractivity contribution in [1.82, 2.24) is 9.97 Å². The van der Waals surface area contributed by atoms with E-state index in [0.29, 0.717) is 22.4 Å². The molecule has 112 valence electrons. The van der Waals surface area contributed by atoms with E-state index in [4.69, 9.17) is 9.47 Å². The van der Waals surface area contributed by atoms with E-state index in [2.05, 4.69) is 41.8 Å². The average Bonchev–Trinajstić information content (AvgIpc) is 2.42. The summed E-state index contributed by atoms with van der Waals surface area (Å²) in [5.74, 6) is 1.56. The first kappa shape index (κ1) is 16.2. The number of hydrogen-bond acceptors (Lipinski definition) is 4. The van der Waals surface area contributed by atoms with Gasteiger partial charge in [0.15, 0.2) is 0 Å². The number of hydrogen-bond donors (Lipinski definition) is 0. The average molecular weight is 416 g/mol. The Morgan fingerprint density at radius 1 is 0.952 bits per heavy atom. The van der Waals surface area contributed by atoms with E-state index in [1.54, 1.807) is 0 Å². The van der Waals surface area contributed by atoms with Crippen LogP contribution in [0.2, 0.25) is 0 Å². The van der Waals surface area contributed by atoms with Crippen molar-refractivity contribution >= 4 is 31.9 Å². The summed E-state index contributed by atoms with van der Waals surface area (Å²) >= 11 is 6.83. The minimum absolute atomic E-state index is 0.602. The van der Waals surface area contributed by atoms with E-state index in [1.165, 1.54) is 0 Å². The highest BCUT2D eigenvalue weighted by Gasteiger charge is 2.14. The summed E-state index contributed by atoms with van der Waals surface area (Å²) in [6.45, 7) is 7.09. The van der Waals surface area contributed by atoms with E-state index in [0.717, 1.165) is 28.5 Å². The van der Waals surface area contributed by atoms with Gasteiger partial charge in [-0.15, -0.1) is 0 Å². The van der Waals surface area contributed by atoms with Crippen molar-refractivity contribution < 1.29 is 9.47 Å². The fourth-order valence-corrected chi connectivity index (χ4v) is 2.76. The van der Waals surface area contributed by atoms with Gasteiger partial charge in [0.25, 0.3) is 0 Å². The summed E-state index contributed by atoms with van der Waals surface area (Å²) < 4.78 is 12.6. The van der Waals surface area contributed by atoms with Crippen LogP contribution < -0.4 is 9.47 Å². The lowest BCUT2D eigenvalue weighted by Gasteiger charge is -2.13. The summed E-state index contributed by atoms with van der Waals surface area (Å²) in [6, 6.07) is 5.58. The van der Waals surface area contributed by atoms with E-state index >= 15 is 0 Å². The van der Waals surface area contributed by atoms with Crippen LogP contribution in [0.4, 0.5) is 0 Å². The fraction of sp³-hybridized carbons (Fsp3) is 0.333. The van der Waals surface area contributed by atoms with Crippen LogP contribution >= 0.6 is 31.9 Å². The molecule has 0 saturated carbocycles. The molecule has 0 aromatic carbocycles. The maximum Gasteiger partial charge on any atom is 0.127 e. The van der Waals surface area contributed by atoms with Crippen molar-refractivity contribution in [3.05, 3.63) is 33.0 Å². The molecule has 0 unspecified atom stereocenters. The largest absolute Gasteiger partial charge is 0.494 e. The number of nitrogens with zero attached hydrogens (tertiary/aromatic N) is 2. The lowest BCUT2D eigenvalue weighted by atomic mass is 10.1. The SMILES string of the molecule is CCOc1cc(Br)nc(-c2nc(Br)cc(OCC)c2C)c1. The minimum Gasteiger partial charge on any atom is -0.494 e. The maximum absolute atomic E-state index is 5.65. The molecule has 0 spiro atoms. The van der Waals surface area contributed by atoms with Crippen LogP contribution in [0.5, 0.6) is 11.5 Å². The number of ether oxygens (including phenoxy) is 2. The molecule has 0 aliphatic carbocycles. The van der Waals surface area contributed by atoms with Gasteiger partial charge in [-0.1, -0.05) is 0 Å². The van der Waals surface area contributed by atoms with Crippen LogP contribution in [0.15, 0.2) is 27.4 Å². The fourth-order valence-electron chi connectivity index (χ4n) is 1.96. The van der Waals surface area contributed by atoms with Gasteiger partial charge in [0.2, 0.25) is 0 Å². The van der Waals surface area contributed by atoms with Crippen molar-refractivity contribution in [1.29, 1.82) is 0 Å². The van der Waals surface area contributed by atoms with Gasteiger partial charge in [0, 0.05) is 23.8 Å². The Morgan fingerprint density at radius 2 is 1.62 bits per heavy atom. The normalized spacial score (nSPS) is 10.5. The standard InChI is InChI=1S/C15H16Br2N2O2/c1-4-20-10-6-11(18-13(16)7-10)15-9(3)12(21-5-2)8-14(17)19-15/h6-8H,4-5H2,1-3H3. The Bertz CT molecular complexity index is 648. The zero-order chi connectivity index (χ0) is 15.4. The van der Waals surface area contributed by atoms with Gasteiger partial charge in [0.05, 0.1) is 24.6 Å². The molecule has 0 N–H and O–H groups in total. The summed E-state index contributed by atoms with van der Waals surface area (Å²) in [6.07, 6.45) is 0. The van der Waals surface area contributed by atoms with Crippen molar-refractivity contribution in [2.24, 2.45) is 0 Å². The third-order valence-corrected chi connectivity index (χ3v) is 3.63. The first-order valence-corrected chi connectivity index (χ1v) is 8.24. The number of pyridine rings is 2. The van der Waals surface area contributed by atoms with Crippen molar-refractivity contribution in [3.63, 3.8) is 0 Å². The number of aromatic nitrogens is 2. The zero-order valence-electron chi connectivity index (χ0n) is 12.1. The van der Waals surface area contributed by atoms with Gasteiger partial charge >= 0.3 is 0 Å². The van der Waals surface area contributed by atoms with Gasteiger partial charge < -0.3 is 9.47 Å². The molecule has 0 bridgehead atoms. The topological polar surface area (TPSA) is 44.2 Å². The third kappa shape index (κ3) is 3.95. The van der Waals surface area contributed by atoms with Crippen LogP contribution in [0.3, 0.4) is 0 Å². The Labute approximate surface area is 141 Å². The molecule has 2 aromatic rings. The van der Waals surface area contributed by atoms with Crippen molar-refractivity contribution in [3.8, 4) is 22.9 Å². The van der Waals surface area contributed by atoms with E-state index in [9.17, 15) is 0 Å². The van der Waals surface area contributed by atoms with E-state index in [-0.39, 0.29) is 0 Å². The predicted octanol–water partition coefficient (Wildman–Crippen LogP) is 4.77. The highest BCUT2D eigenvalue weighted by atomic mass is 79.9. The molecule has 0 aliphatic rings. The van der Waals surface area contributed by atoms with E-state index < -0.39 is 0 Å². The van der Waals surface area contributed by atoms with Gasteiger partial charge in [-0.05, 0) is 52.6 Å². The molecule has 2 aromatic heterocycles. The number of rotatable bonds is 5. The van der Waals surface area contributed by atoms with Crippen molar-refractivity contribution in [2.45, 2.75) is 20.8 Å². The van der Waals surface area contributed by atoms with Crippen LogP contribution in [-0.2, 0) is 0 Å². The molecule has 0 radical (unpaired) electrons. The lowest BCUT2D eigenvalue weighted by Crippen LogP contribution is -2.00. The van der Waals surface area contributed by atoms with Crippen LogP contribution in [0, 0.1) is 6.92 Å². The molecule has 0 saturated heterocycles. The first-order chi connectivity index (χ1) is 10.0. The molecule has 0 atom stereocenters. The highest BCUT2D eigenvalue weighted by Crippen LogP contribution is 2.32. The monoisotopic (exact) mass is 414 g/mol. The molecular formula is C15H16Br2N2O2. The molecular weight excluding hydrogens is 400 g/mol. The molecule has 0 fully saturated rings. The smallest absolute Gasteiger partial charge is 0.127 e. The molecule has 21 heavy (non-hydrogen) atoms. The zero-order valence-corrected chi connectivity index (χ0v) is 15.3. The molecule has 0 aliphatic heterocycles. The second-order valence-electron chi connectivity index (χ2n) is 4.29. The van der Waals surface area contributed by atoms with Crippen LogP contribution in [0.25, 0.3) is 11.4 Å². The van der Waals surface area contributed by atoms with E-state index in [1.807, 2.05) is 39.0 Å². The summed E-state index contributed by atoms with van der Waals surface area (Å²) in [5, 5.41) is 0. The minimum atomic E-state index is 0.602. The summed E-state index contributed by atoms with van der Waals surface area (Å²) in [5.41, 5.74) is 2.47. The highest BCUT2D eigenvalue weighted by molar-refractivity contribution is 9.10. The second kappa shape index (κ2) is 7.22. The summed E-state index contributed by atoms with van der Waals surface area (Å²) in [7, 11) is 0. The Hall–Kier alpha value is -1.14.